The third-order valence-corrected chi connectivity index (χ3v) is 5.22. The fourth-order valence-electron chi connectivity index (χ4n) is 0.400. The number of hydrogen-bond donors (Lipinski definition) is 2. The van der Waals surface area contributed by atoms with E-state index in [9.17, 15) is 0 Å². The van der Waals surface area contributed by atoms with Crippen LogP contribution in [0.4, 0.5) is 0 Å². The summed E-state index contributed by atoms with van der Waals surface area (Å²) in [6.07, 6.45) is 0. The Balaban J connectivity index is 2.58. The van der Waals surface area contributed by atoms with Crippen molar-refractivity contribution >= 4 is 66.4 Å². The molecule has 50 valence electrons. The zero-order valence-electron chi connectivity index (χ0n) is 4.27. The van der Waals surface area contributed by atoms with Gasteiger partial charge in [0.15, 0.2) is 0 Å². The topological polar surface area (TPSA) is 0 Å². The lowest BCUT2D eigenvalue weighted by Crippen LogP contribution is -1.87. The van der Waals surface area contributed by atoms with Gasteiger partial charge in [0.2, 0.25) is 0 Å². The van der Waals surface area contributed by atoms with E-state index in [2.05, 4.69) is 25.3 Å². The molecule has 0 aromatic carbocycles. The molecule has 1 rings (SSSR count). The van der Waals surface area contributed by atoms with Gasteiger partial charge in [-0.15, -0.1) is 25.3 Å². The molecule has 0 saturated carbocycles. The molecule has 1 aliphatic rings. The fourth-order valence-corrected chi connectivity index (χ4v) is 3.97. The Morgan fingerprint density at radius 3 is 2.00 bits per heavy atom. The molecule has 0 amide bonds. The molecule has 0 nitrogen and oxygen atoms in total. The summed E-state index contributed by atoms with van der Waals surface area (Å²) in [6, 6.07) is 0. The largest absolute Gasteiger partial charge is 0.135 e. The summed E-state index contributed by atoms with van der Waals surface area (Å²) in [7, 11) is 0. The van der Waals surface area contributed by atoms with E-state index in [4.69, 9.17) is 12.2 Å². The molecule has 5 heteroatoms. The SMILES string of the molecule is S=CC1SC(S)=C(S)S1. The zero-order valence-corrected chi connectivity index (χ0v) is 8.51. The summed E-state index contributed by atoms with van der Waals surface area (Å²) in [5.41, 5.74) is 0. The van der Waals surface area contributed by atoms with Gasteiger partial charge < -0.3 is 0 Å². The minimum absolute atomic E-state index is 0.347. The normalized spacial score (nSPS) is 21.1. The molecule has 9 heavy (non-hydrogen) atoms. The van der Waals surface area contributed by atoms with Crippen LogP contribution in [0.5, 0.6) is 0 Å². The van der Waals surface area contributed by atoms with Gasteiger partial charge in [0.25, 0.3) is 0 Å². The lowest BCUT2D eigenvalue weighted by molar-refractivity contribution is 2.00. The molecule has 0 aromatic rings. The van der Waals surface area contributed by atoms with Crippen LogP contribution in [0.3, 0.4) is 0 Å². The highest BCUT2D eigenvalue weighted by molar-refractivity contribution is 8.34. The molecular formula is C4H4S5. The fraction of sp³-hybridized carbons (Fsp3) is 0.250. The molecule has 1 aliphatic heterocycles. The molecule has 0 spiro atoms. The predicted octanol–water partition coefficient (Wildman–Crippen LogP) is 2.78. The first-order valence-corrected chi connectivity index (χ1v) is 5.27. The van der Waals surface area contributed by atoms with Gasteiger partial charge in [0.1, 0.15) is 0 Å². The Hall–Kier alpha value is 1.23. The van der Waals surface area contributed by atoms with E-state index in [1.807, 2.05) is 0 Å². The van der Waals surface area contributed by atoms with E-state index in [0.717, 1.165) is 8.47 Å². The monoisotopic (exact) mass is 212 g/mol. The van der Waals surface area contributed by atoms with Gasteiger partial charge in [-0.05, 0) is 0 Å². The average molecular weight is 212 g/mol. The number of thioether (sulfide) groups is 2. The third-order valence-electron chi connectivity index (χ3n) is 0.750. The van der Waals surface area contributed by atoms with Crippen LogP contribution < -0.4 is 0 Å². The highest BCUT2D eigenvalue weighted by Crippen LogP contribution is 2.48. The Morgan fingerprint density at radius 1 is 1.33 bits per heavy atom. The quantitative estimate of drug-likeness (QED) is 0.507. The standard InChI is InChI=1S/C4H4S5/c5-1-2-8-3(6)4(7)9-2/h1-2,6-7H. The third kappa shape index (κ3) is 2.08. The molecule has 1 heterocycles. The molecule has 0 radical (unpaired) electrons. The van der Waals surface area contributed by atoms with Crippen molar-refractivity contribution < 1.29 is 0 Å². The number of rotatable bonds is 1. The van der Waals surface area contributed by atoms with E-state index in [1.165, 1.54) is 0 Å². The van der Waals surface area contributed by atoms with Crippen LogP contribution >= 0.6 is 61.0 Å². The average Bonchev–Trinajstić information content (AvgIpc) is 2.13. The minimum atomic E-state index is 0.347. The van der Waals surface area contributed by atoms with E-state index in [-0.39, 0.29) is 0 Å². The van der Waals surface area contributed by atoms with Crippen molar-refractivity contribution in [2.45, 2.75) is 4.58 Å². The van der Waals surface area contributed by atoms with Gasteiger partial charge in [-0.2, -0.15) is 0 Å². The molecule has 0 atom stereocenters. The van der Waals surface area contributed by atoms with Crippen molar-refractivity contribution in [2.24, 2.45) is 0 Å². The highest BCUT2D eigenvalue weighted by Gasteiger charge is 2.19. The number of thiocarbonyl (C=S) groups is 1. The summed E-state index contributed by atoms with van der Waals surface area (Å²) in [6.45, 7) is 0. The molecule has 0 saturated heterocycles. The maximum atomic E-state index is 4.76. The molecule has 0 aromatic heterocycles. The van der Waals surface area contributed by atoms with Gasteiger partial charge in [-0.1, -0.05) is 35.7 Å². The van der Waals surface area contributed by atoms with Crippen LogP contribution in [0.15, 0.2) is 8.47 Å². The molecule has 0 bridgehead atoms. The lowest BCUT2D eigenvalue weighted by Gasteiger charge is -1.95. The lowest BCUT2D eigenvalue weighted by atomic mass is 10.9. The van der Waals surface area contributed by atoms with Crippen molar-refractivity contribution in [3.63, 3.8) is 0 Å². The van der Waals surface area contributed by atoms with Crippen molar-refractivity contribution in [3.8, 4) is 0 Å². The summed E-state index contributed by atoms with van der Waals surface area (Å²) >= 11 is 16.4. The van der Waals surface area contributed by atoms with Gasteiger partial charge in [-0.3, -0.25) is 0 Å². The summed E-state index contributed by atoms with van der Waals surface area (Å²) in [5.74, 6) is 0. The Labute approximate surface area is 79.1 Å². The first kappa shape index (κ1) is 8.33. The summed E-state index contributed by atoms with van der Waals surface area (Å²) in [4.78, 5) is 0. The van der Waals surface area contributed by atoms with Crippen molar-refractivity contribution in [2.75, 3.05) is 0 Å². The molecule has 0 fully saturated rings. The van der Waals surface area contributed by atoms with Crippen LogP contribution in [0.2, 0.25) is 0 Å². The van der Waals surface area contributed by atoms with Gasteiger partial charge >= 0.3 is 0 Å². The van der Waals surface area contributed by atoms with E-state index in [1.54, 1.807) is 28.9 Å². The van der Waals surface area contributed by atoms with Crippen LogP contribution in [0, 0.1) is 0 Å². The smallest absolute Gasteiger partial charge is 0.0889 e. The van der Waals surface area contributed by atoms with Gasteiger partial charge in [0.05, 0.1) is 13.1 Å². The maximum absolute atomic E-state index is 4.76. The Bertz CT molecular complexity index is 146. The zero-order chi connectivity index (χ0) is 6.85. The van der Waals surface area contributed by atoms with Crippen molar-refractivity contribution in [1.82, 2.24) is 0 Å². The maximum Gasteiger partial charge on any atom is 0.0889 e. The van der Waals surface area contributed by atoms with Crippen LogP contribution in [-0.4, -0.2) is 9.95 Å². The predicted molar refractivity (Wildman–Crippen MR) is 57.6 cm³/mol. The minimum Gasteiger partial charge on any atom is -0.135 e. The molecular weight excluding hydrogens is 208 g/mol. The molecule has 0 unspecified atom stereocenters. The van der Waals surface area contributed by atoms with Gasteiger partial charge in [-0.25, -0.2) is 0 Å². The molecule has 0 N–H and O–H groups in total. The second kappa shape index (κ2) is 3.57. The van der Waals surface area contributed by atoms with Gasteiger partial charge in [0, 0.05) is 5.37 Å². The second-order valence-corrected chi connectivity index (χ2v) is 5.72. The highest BCUT2D eigenvalue weighted by atomic mass is 32.2. The first-order chi connectivity index (χ1) is 4.24. The van der Waals surface area contributed by atoms with Crippen molar-refractivity contribution in [3.05, 3.63) is 8.47 Å². The Kier molecular flexibility index (Phi) is 3.30. The second-order valence-electron chi connectivity index (χ2n) is 1.35. The van der Waals surface area contributed by atoms with Crippen LogP contribution in [-0.2, 0) is 0 Å². The molecule has 0 aliphatic carbocycles. The van der Waals surface area contributed by atoms with E-state index < -0.39 is 0 Å². The summed E-state index contributed by atoms with van der Waals surface area (Å²) in [5, 5.41) is 1.73. The van der Waals surface area contributed by atoms with E-state index >= 15 is 0 Å². The number of thiol groups is 2. The van der Waals surface area contributed by atoms with Crippen LogP contribution in [0.25, 0.3) is 0 Å². The number of hydrogen-bond acceptors (Lipinski definition) is 5. The Morgan fingerprint density at radius 2 is 1.78 bits per heavy atom. The first-order valence-electron chi connectivity index (χ1n) is 2.15. The van der Waals surface area contributed by atoms with Crippen molar-refractivity contribution in [1.29, 1.82) is 0 Å². The van der Waals surface area contributed by atoms with E-state index in [0.29, 0.717) is 4.58 Å². The summed E-state index contributed by atoms with van der Waals surface area (Å²) < 4.78 is 2.31. The van der Waals surface area contributed by atoms with Crippen LogP contribution in [0.1, 0.15) is 0 Å².